The van der Waals surface area contributed by atoms with Crippen molar-refractivity contribution >= 4 is 12.4 Å². The summed E-state index contributed by atoms with van der Waals surface area (Å²) in [5, 5.41) is 14.1. The lowest BCUT2D eigenvalue weighted by Gasteiger charge is -2.31. The van der Waals surface area contributed by atoms with Crippen molar-refractivity contribution in [1.82, 2.24) is 5.32 Å². The molecule has 0 saturated heterocycles. The second-order valence-electron chi connectivity index (χ2n) is 5.95. The van der Waals surface area contributed by atoms with Crippen LogP contribution in [0.15, 0.2) is 54.6 Å². The Kier molecular flexibility index (Phi) is 6.01. The first-order valence-corrected chi connectivity index (χ1v) is 7.82. The van der Waals surface area contributed by atoms with E-state index in [1.54, 1.807) is 0 Å². The second-order valence-corrected chi connectivity index (χ2v) is 5.95. The zero-order chi connectivity index (χ0) is 14.7. The molecule has 2 nitrogen and oxygen atoms in total. The fourth-order valence-electron chi connectivity index (χ4n) is 3.27. The lowest BCUT2D eigenvalue weighted by molar-refractivity contribution is 0.127. The first kappa shape index (κ1) is 17.0. The monoisotopic (exact) mass is 317 g/mol. The van der Waals surface area contributed by atoms with Crippen molar-refractivity contribution in [2.75, 3.05) is 0 Å². The number of hydrogen-bond acceptors (Lipinski definition) is 2. The summed E-state index contributed by atoms with van der Waals surface area (Å²) in [6, 6.07) is 18.9. The number of hydrogen-bond donors (Lipinski definition) is 2. The van der Waals surface area contributed by atoms with Gasteiger partial charge in [-0.25, -0.2) is 0 Å². The molecule has 0 saturated carbocycles. The Balaban J connectivity index is 0.00000176. The number of aliphatic hydroxyl groups is 1. The van der Waals surface area contributed by atoms with Crippen molar-refractivity contribution in [1.29, 1.82) is 0 Å². The molecule has 1 aliphatic rings. The third kappa shape index (κ3) is 3.70. The molecule has 3 rings (SSSR count). The Hall–Kier alpha value is -1.35. The van der Waals surface area contributed by atoms with Gasteiger partial charge in [0.2, 0.25) is 0 Å². The summed E-state index contributed by atoms with van der Waals surface area (Å²) >= 11 is 0. The van der Waals surface area contributed by atoms with Crippen LogP contribution in [0.25, 0.3) is 0 Å². The van der Waals surface area contributed by atoms with E-state index in [9.17, 15) is 5.11 Å². The Bertz CT molecular complexity index is 587. The zero-order valence-corrected chi connectivity index (χ0v) is 13.7. The summed E-state index contributed by atoms with van der Waals surface area (Å²) in [7, 11) is 0. The molecule has 22 heavy (non-hydrogen) atoms. The normalized spacial score (nSPS) is 19.6. The van der Waals surface area contributed by atoms with Crippen molar-refractivity contribution < 1.29 is 5.11 Å². The highest BCUT2D eigenvalue weighted by atomic mass is 35.5. The largest absolute Gasteiger partial charge is 0.387 e. The predicted molar refractivity (Wildman–Crippen MR) is 93.4 cm³/mol. The van der Waals surface area contributed by atoms with E-state index < -0.39 is 6.10 Å². The molecule has 0 bridgehead atoms. The first-order chi connectivity index (χ1) is 10.3. The summed E-state index contributed by atoms with van der Waals surface area (Å²) in [6.07, 6.45) is 3.05. The van der Waals surface area contributed by atoms with Gasteiger partial charge in [-0.3, -0.25) is 0 Å². The van der Waals surface area contributed by atoms with Gasteiger partial charge in [-0.05, 0) is 42.9 Å². The van der Waals surface area contributed by atoms with Gasteiger partial charge in [0.15, 0.2) is 0 Å². The highest BCUT2D eigenvalue weighted by Crippen LogP contribution is 2.31. The molecule has 2 aromatic carbocycles. The molecule has 0 aromatic heterocycles. The number of nitrogens with one attached hydrogen (secondary N) is 1. The molecule has 3 unspecified atom stereocenters. The fraction of sp³-hybridized carbons (Fsp3) is 0.368. The molecule has 0 amide bonds. The third-order valence-electron chi connectivity index (χ3n) is 4.45. The minimum atomic E-state index is -0.472. The van der Waals surface area contributed by atoms with E-state index in [1.807, 2.05) is 30.3 Å². The highest BCUT2D eigenvalue weighted by molar-refractivity contribution is 5.85. The third-order valence-corrected chi connectivity index (χ3v) is 4.45. The zero-order valence-electron chi connectivity index (χ0n) is 12.9. The van der Waals surface area contributed by atoms with E-state index in [1.165, 1.54) is 24.0 Å². The number of benzene rings is 2. The van der Waals surface area contributed by atoms with E-state index in [0.29, 0.717) is 6.04 Å². The van der Waals surface area contributed by atoms with Crippen LogP contribution < -0.4 is 5.32 Å². The molecule has 3 atom stereocenters. The molecular formula is C19H24ClNO. The molecule has 2 aromatic rings. The predicted octanol–water partition coefficient (Wildman–Crippen LogP) is 4.20. The van der Waals surface area contributed by atoms with Crippen molar-refractivity contribution in [2.24, 2.45) is 0 Å². The summed E-state index contributed by atoms with van der Waals surface area (Å²) in [5.41, 5.74) is 3.82. The number of aryl methyl sites for hydroxylation is 1. The SMILES string of the molecule is CC(NC1CCCc2ccccc21)C(O)c1ccccc1.Cl. The average molecular weight is 318 g/mol. The summed E-state index contributed by atoms with van der Waals surface area (Å²) < 4.78 is 0. The molecule has 0 radical (unpaired) electrons. The highest BCUT2D eigenvalue weighted by Gasteiger charge is 2.24. The fourth-order valence-corrected chi connectivity index (χ4v) is 3.27. The van der Waals surface area contributed by atoms with Crippen LogP contribution in [0.4, 0.5) is 0 Å². The van der Waals surface area contributed by atoms with Crippen LogP contribution in [0, 0.1) is 0 Å². The van der Waals surface area contributed by atoms with Crippen LogP contribution in [0.3, 0.4) is 0 Å². The minimum absolute atomic E-state index is 0. The van der Waals surface area contributed by atoms with Crippen LogP contribution in [0.5, 0.6) is 0 Å². The van der Waals surface area contributed by atoms with Crippen molar-refractivity contribution in [3.05, 3.63) is 71.3 Å². The summed E-state index contributed by atoms with van der Waals surface area (Å²) in [4.78, 5) is 0. The maximum atomic E-state index is 10.5. The van der Waals surface area contributed by atoms with Crippen LogP contribution in [0.2, 0.25) is 0 Å². The standard InChI is InChI=1S/C19H23NO.ClH/c1-14(19(21)16-9-3-2-4-10-16)20-18-13-7-11-15-8-5-6-12-17(15)18;/h2-6,8-10,12,14,18-21H,7,11,13H2,1H3;1H. The van der Waals surface area contributed by atoms with E-state index in [0.717, 1.165) is 12.0 Å². The topological polar surface area (TPSA) is 32.3 Å². The van der Waals surface area contributed by atoms with Gasteiger partial charge in [0.05, 0.1) is 6.10 Å². The van der Waals surface area contributed by atoms with Gasteiger partial charge in [-0.1, -0.05) is 54.6 Å². The van der Waals surface area contributed by atoms with Gasteiger partial charge in [0, 0.05) is 12.1 Å². The quantitative estimate of drug-likeness (QED) is 0.886. The number of fused-ring (bicyclic) bond motifs is 1. The maximum Gasteiger partial charge on any atom is 0.0940 e. The molecule has 0 spiro atoms. The molecule has 2 N–H and O–H groups in total. The van der Waals surface area contributed by atoms with Gasteiger partial charge >= 0.3 is 0 Å². The second kappa shape index (κ2) is 7.77. The first-order valence-electron chi connectivity index (χ1n) is 7.82. The smallest absolute Gasteiger partial charge is 0.0940 e. The Morgan fingerprint density at radius 1 is 1.05 bits per heavy atom. The molecular weight excluding hydrogens is 294 g/mol. The van der Waals surface area contributed by atoms with Crippen LogP contribution >= 0.6 is 12.4 Å². The van der Waals surface area contributed by atoms with Gasteiger partial charge in [-0.2, -0.15) is 0 Å². The molecule has 0 heterocycles. The van der Waals surface area contributed by atoms with Gasteiger partial charge in [0.1, 0.15) is 0 Å². The molecule has 0 aliphatic heterocycles. The lowest BCUT2D eigenvalue weighted by Crippen LogP contribution is -2.36. The maximum absolute atomic E-state index is 10.5. The van der Waals surface area contributed by atoms with E-state index in [2.05, 4.69) is 36.5 Å². The summed E-state index contributed by atoms with van der Waals surface area (Å²) in [5.74, 6) is 0. The van der Waals surface area contributed by atoms with Crippen molar-refractivity contribution in [3.8, 4) is 0 Å². The molecule has 118 valence electrons. The molecule has 0 fully saturated rings. The van der Waals surface area contributed by atoms with Crippen molar-refractivity contribution in [3.63, 3.8) is 0 Å². The Morgan fingerprint density at radius 3 is 2.50 bits per heavy atom. The van der Waals surface area contributed by atoms with Gasteiger partial charge in [-0.15, -0.1) is 12.4 Å². The van der Waals surface area contributed by atoms with Gasteiger partial charge < -0.3 is 10.4 Å². The van der Waals surface area contributed by atoms with E-state index >= 15 is 0 Å². The van der Waals surface area contributed by atoms with E-state index in [-0.39, 0.29) is 18.4 Å². The Labute approximate surface area is 139 Å². The van der Waals surface area contributed by atoms with Crippen molar-refractivity contribution in [2.45, 2.75) is 44.4 Å². The van der Waals surface area contributed by atoms with Crippen LogP contribution in [0.1, 0.15) is 48.6 Å². The van der Waals surface area contributed by atoms with E-state index in [4.69, 9.17) is 0 Å². The average Bonchev–Trinajstić information content (AvgIpc) is 2.55. The number of aliphatic hydroxyl groups excluding tert-OH is 1. The number of rotatable bonds is 4. The summed E-state index contributed by atoms with van der Waals surface area (Å²) in [6.45, 7) is 2.06. The molecule has 1 aliphatic carbocycles. The Morgan fingerprint density at radius 2 is 1.73 bits per heavy atom. The van der Waals surface area contributed by atoms with Crippen LogP contribution in [-0.4, -0.2) is 11.1 Å². The van der Waals surface area contributed by atoms with Crippen LogP contribution in [-0.2, 0) is 6.42 Å². The van der Waals surface area contributed by atoms with Gasteiger partial charge in [0.25, 0.3) is 0 Å². The number of halogens is 1. The molecule has 3 heteroatoms. The lowest BCUT2D eigenvalue weighted by atomic mass is 9.87. The minimum Gasteiger partial charge on any atom is -0.387 e.